The lowest BCUT2D eigenvalue weighted by Crippen LogP contribution is -2.42. The first-order valence-corrected chi connectivity index (χ1v) is 7.63. The maximum absolute atomic E-state index is 13.8. The number of nitrogens with two attached hydrogens (primary N) is 1. The van der Waals surface area contributed by atoms with Gasteiger partial charge in [-0.25, -0.2) is 4.39 Å². The number of likely N-dealkylation sites (tertiary alicyclic amines) is 1. The Morgan fingerprint density at radius 2 is 2.29 bits per heavy atom. The van der Waals surface area contributed by atoms with Crippen molar-refractivity contribution in [1.82, 2.24) is 9.88 Å². The van der Waals surface area contributed by atoms with Crippen molar-refractivity contribution in [2.45, 2.75) is 19.9 Å². The molecule has 1 aliphatic heterocycles. The van der Waals surface area contributed by atoms with Crippen molar-refractivity contribution in [2.75, 3.05) is 19.6 Å². The molecule has 2 aromatic rings. The summed E-state index contributed by atoms with van der Waals surface area (Å²) in [5.41, 5.74) is 7.74. The third-order valence-corrected chi connectivity index (χ3v) is 4.64. The van der Waals surface area contributed by atoms with Crippen LogP contribution in [0.5, 0.6) is 0 Å². The van der Waals surface area contributed by atoms with Crippen molar-refractivity contribution in [2.24, 2.45) is 17.6 Å². The molecule has 4 heteroatoms. The first-order chi connectivity index (χ1) is 10.2. The summed E-state index contributed by atoms with van der Waals surface area (Å²) in [5.74, 6) is 1.02. The molecule has 0 saturated carbocycles. The van der Waals surface area contributed by atoms with Gasteiger partial charge in [-0.05, 0) is 55.1 Å². The van der Waals surface area contributed by atoms with Gasteiger partial charge in [0.05, 0.1) is 5.52 Å². The Hall–Kier alpha value is -1.52. The minimum atomic E-state index is -0.189. The maximum atomic E-state index is 13.8. The van der Waals surface area contributed by atoms with Crippen LogP contribution in [-0.2, 0) is 6.54 Å². The number of hydrogen-bond donors (Lipinski definition) is 1. The van der Waals surface area contributed by atoms with Gasteiger partial charge in [0.1, 0.15) is 5.82 Å². The van der Waals surface area contributed by atoms with E-state index in [0.29, 0.717) is 11.8 Å². The molecule has 3 rings (SSSR count). The average molecular weight is 287 g/mol. The van der Waals surface area contributed by atoms with E-state index >= 15 is 0 Å². The molecule has 0 spiro atoms. The normalized spacial score (nSPS) is 23.6. The average Bonchev–Trinajstić information content (AvgIpc) is 2.49. The van der Waals surface area contributed by atoms with Gasteiger partial charge in [0.2, 0.25) is 0 Å². The molecule has 3 nitrogen and oxygen atoms in total. The molecule has 2 atom stereocenters. The topological polar surface area (TPSA) is 42.2 Å². The van der Waals surface area contributed by atoms with E-state index in [9.17, 15) is 4.39 Å². The molecule has 1 aromatic heterocycles. The van der Waals surface area contributed by atoms with E-state index in [1.807, 2.05) is 12.1 Å². The number of benzene rings is 1. The van der Waals surface area contributed by atoms with Gasteiger partial charge in [-0.1, -0.05) is 13.0 Å². The molecule has 0 amide bonds. The van der Waals surface area contributed by atoms with Crippen molar-refractivity contribution in [3.05, 3.63) is 41.8 Å². The molecule has 0 bridgehead atoms. The second kappa shape index (κ2) is 6.08. The van der Waals surface area contributed by atoms with Crippen molar-refractivity contribution in [3.63, 3.8) is 0 Å². The smallest absolute Gasteiger partial charge is 0.124 e. The van der Waals surface area contributed by atoms with E-state index in [1.54, 1.807) is 18.3 Å². The van der Waals surface area contributed by atoms with E-state index in [2.05, 4.69) is 16.8 Å². The summed E-state index contributed by atoms with van der Waals surface area (Å²) in [7, 11) is 0. The Morgan fingerprint density at radius 1 is 1.43 bits per heavy atom. The number of fused-ring (bicyclic) bond motifs is 1. The fraction of sp³-hybridized carbons (Fsp3) is 0.471. The lowest BCUT2D eigenvalue weighted by atomic mass is 9.87. The van der Waals surface area contributed by atoms with Gasteiger partial charge in [0, 0.05) is 24.7 Å². The lowest BCUT2D eigenvalue weighted by Gasteiger charge is -2.36. The standard InChI is InChI=1S/C17H22FN3/c1-12-4-6-21(11-15(12)9-19)10-14-8-16(18)7-13-3-2-5-20-17(13)14/h2-3,5,7-8,12,15H,4,6,9-11,19H2,1H3. The Kier molecular flexibility index (Phi) is 4.17. The SMILES string of the molecule is CC1CCN(Cc2cc(F)cc3cccnc23)CC1CN. The van der Waals surface area contributed by atoms with Gasteiger partial charge in [-0.15, -0.1) is 0 Å². The highest BCUT2D eigenvalue weighted by Crippen LogP contribution is 2.25. The predicted molar refractivity (Wildman–Crippen MR) is 83.3 cm³/mol. The second-order valence-corrected chi connectivity index (χ2v) is 6.14. The van der Waals surface area contributed by atoms with Gasteiger partial charge in [0.25, 0.3) is 0 Å². The molecule has 21 heavy (non-hydrogen) atoms. The third-order valence-electron chi connectivity index (χ3n) is 4.64. The number of pyridine rings is 1. The zero-order valence-corrected chi connectivity index (χ0v) is 12.4. The Balaban J connectivity index is 1.85. The second-order valence-electron chi connectivity index (χ2n) is 6.14. The minimum absolute atomic E-state index is 0.189. The molecule has 1 saturated heterocycles. The van der Waals surface area contributed by atoms with Crippen LogP contribution < -0.4 is 5.73 Å². The van der Waals surface area contributed by atoms with E-state index in [0.717, 1.165) is 49.1 Å². The molecule has 0 aliphatic carbocycles. The van der Waals surface area contributed by atoms with Crippen molar-refractivity contribution >= 4 is 10.9 Å². The maximum Gasteiger partial charge on any atom is 0.124 e. The molecule has 112 valence electrons. The molecule has 2 N–H and O–H groups in total. The number of piperidine rings is 1. The van der Waals surface area contributed by atoms with Gasteiger partial charge in [-0.2, -0.15) is 0 Å². The third kappa shape index (κ3) is 3.06. The van der Waals surface area contributed by atoms with Crippen LogP contribution in [-0.4, -0.2) is 29.5 Å². The fourth-order valence-electron chi connectivity index (χ4n) is 3.26. The zero-order valence-electron chi connectivity index (χ0n) is 12.4. The van der Waals surface area contributed by atoms with E-state index in [1.165, 1.54) is 0 Å². The number of rotatable bonds is 3. The zero-order chi connectivity index (χ0) is 14.8. The molecule has 2 heterocycles. The van der Waals surface area contributed by atoms with Crippen LogP contribution in [0.4, 0.5) is 4.39 Å². The Bertz CT molecular complexity index is 628. The van der Waals surface area contributed by atoms with Crippen LogP contribution in [0.25, 0.3) is 10.9 Å². The van der Waals surface area contributed by atoms with Gasteiger partial charge in [0.15, 0.2) is 0 Å². The Morgan fingerprint density at radius 3 is 3.10 bits per heavy atom. The molecular weight excluding hydrogens is 265 g/mol. The van der Waals surface area contributed by atoms with Gasteiger partial charge >= 0.3 is 0 Å². The molecule has 0 radical (unpaired) electrons. The van der Waals surface area contributed by atoms with Crippen LogP contribution in [0.3, 0.4) is 0 Å². The predicted octanol–water partition coefficient (Wildman–Crippen LogP) is 2.79. The van der Waals surface area contributed by atoms with Crippen LogP contribution in [0, 0.1) is 17.7 Å². The summed E-state index contributed by atoms with van der Waals surface area (Å²) in [6.07, 6.45) is 2.92. The Labute approximate surface area is 125 Å². The van der Waals surface area contributed by atoms with Crippen molar-refractivity contribution in [3.8, 4) is 0 Å². The molecular formula is C17H22FN3. The first kappa shape index (κ1) is 14.4. The number of nitrogens with zero attached hydrogens (tertiary/aromatic N) is 2. The molecule has 1 fully saturated rings. The highest BCUT2D eigenvalue weighted by atomic mass is 19.1. The molecule has 1 aromatic carbocycles. The van der Waals surface area contributed by atoms with Crippen LogP contribution >= 0.6 is 0 Å². The first-order valence-electron chi connectivity index (χ1n) is 7.63. The van der Waals surface area contributed by atoms with Crippen LogP contribution in [0.1, 0.15) is 18.9 Å². The number of aromatic nitrogens is 1. The summed E-state index contributed by atoms with van der Waals surface area (Å²) in [6.45, 7) is 5.77. The summed E-state index contributed by atoms with van der Waals surface area (Å²) in [5, 5.41) is 0.869. The summed E-state index contributed by atoms with van der Waals surface area (Å²) in [6, 6.07) is 6.92. The summed E-state index contributed by atoms with van der Waals surface area (Å²) >= 11 is 0. The van der Waals surface area contributed by atoms with Crippen molar-refractivity contribution in [1.29, 1.82) is 0 Å². The van der Waals surface area contributed by atoms with E-state index in [4.69, 9.17) is 5.73 Å². The van der Waals surface area contributed by atoms with Gasteiger partial charge < -0.3 is 5.73 Å². The highest BCUT2D eigenvalue weighted by Gasteiger charge is 2.25. The van der Waals surface area contributed by atoms with Crippen molar-refractivity contribution < 1.29 is 4.39 Å². The summed E-state index contributed by atoms with van der Waals surface area (Å²) in [4.78, 5) is 6.80. The van der Waals surface area contributed by atoms with E-state index in [-0.39, 0.29) is 5.82 Å². The molecule has 2 unspecified atom stereocenters. The largest absolute Gasteiger partial charge is 0.330 e. The quantitative estimate of drug-likeness (QED) is 0.944. The molecule has 1 aliphatic rings. The number of hydrogen-bond acceptors (Lipinski definition) is 3. The minimum Gasteiger partial charge on any atom is -0.330 e. The number of halogens is 1. The van der Waals surface area contributed by atoms with Gasteiger partial charge in [-0.3, -0.25) is 9.88 Å². The summed E-state index contributed by atoms with van der Waals surface area (Å²) < 4.78 is 13.8. The lowest BCUT2D eigenvalue weighted by molar-refractivity contribution is 0.126. The monoisotopic (exact) mass is 287 g/mol. The fourth-order valence-corrected chi connectivity index (χ4v) is 3.26. The van der Waals surface area contributed by atoms with E-state index < -0.39 is 0 Å². The van der Waals surface area contributed by atoms with Crippen LogP contribution in [0.15, 0.2) is 30.5 Å². The van der Waals surface area contributed by atoms with Crippen LogP contribution in [0.2, 0.25) is 0 Å². The highest BCUT2D eigenvalue weighted by molar-refractivity contribution is 5.81.